The molecule has 1 aliphatic carbocycles. The van der Waals surface area contributed by atoms with Crippen LogP contribution >= 0.6 is 11.3 Å². The molecule has 0 fully saturated rings. The van der Waals surface area contributed by atoms with E-state index in [1.54, 1.807) is 0 Å². The number of aromatic nitrogens is 1. The molecule has 0 spiro atoms. The Kier molecular flexibility index (Phi) is 7.77. The zero-order chi connectivity index (χ0) is 24.8. The quantitative estimate of drug-likeness (QED) is 0.381. The Labute approximate surface area is 207 Å². The number of ether oxygens (including phenoxy) is 1. The average Bonchev–Trinajstić information content (AvgIpc) is 3.47. The summed E-state index contributed by atoms with van der Waals surface area (Å²) in [6, 6.07) is 16.1. The summed E-state index contributed by atoms with van der Waals surface area (Å²) >= 11 is 1.03. The van der Waals surface area contributed by atoms with Crippen LogP contribution in [0.1, 0.15) is 57.9 Å². The summed E-state index contributed by atoms with van der Waals surface area (Å²) in [5.74, 6) is -1.23. The number of alkyl carbamates (subject to hydrolysis) is 1. The molecule has 0 bridgehead atoms. The highest BCUT2D eigenvalue weighted by molar-refractivity contribution is 7.13. The van der Waals surface area contributed by atoms with E-state index in [1.165, 1.54) is 17.3 Å². The fourth-order valence-corrected chi connectivity index (χ4v) is 4.94. The highest BCUT2D eigenvalue weighted by Crippen LogP contribution is 2.44. The van der Waals surface area contributed by atoms with Crippen LogP contribution in [0, 0.1) is 0 Å². The lowest BCUT2D eigenvalue weighted by Gasteiger charge is -2.19. The number of hydrogen-bond donors (Lipinski definition) is 3. The zero-order valence-corrected chi connectivity index (χ0v) is 20.1. The van der Waals surface area contributed by atoms with Gasteiger partial charge in [-0.25, -0.2) is 14.6 Å². The molecule has 2 aromatic carbocycles. The first kappa shape index (κ1) is 24.4. The molecule has 3 N–H and O–H groups in total. The predicted octanol–water partition coefficient (Wildman–Crippen LogP) is 4.56. The number of amides is 2. The van der Waals surface area contributed by atoms with Crippen LogP contribution in [0.2, 0.25) is 0 Å². The van der Waals surface area contributed by atoms with Crippen molar-refractivity contribution in [2.45, 2.75) is 44.7 Å². The minimum atomic E-state index is -1.04. The van der Waals surface area contributed by atoms with Crippen LogP contribution in [0.3, 0.4) is 0 Å². The van der Waals surface area contributed by atoms with Gasteiger partial charge in [-0.1, -0.05) is 55.5 Å². The molecule has 182 valence electrons. The third-order valence-corrected chi connectivity index (χ3v) is 7.06. The molecule has 0 radical (unpaired) electrons. The average molecular weight is 494 g/mol. The van der Waals surface area contributed by atoms with Crippen LogP contribution in [0.5, 0.6) is 0 Å². The number of carbonyl (C=O) groups is 3. The van der Waals surface area contributed by atoms with Gasteiger partial charge in [-0.05, 0) is 35.1 Å². The maximum absolute atomic E-state index is 12.5. The largest absolute Gasteiger partial charge is 0.477 e. The number of fused-ring (bicyclic) bond motifs is 3. The number of hydrogen-bond acceptors (Lipinski definition) is 6. The smallest absolute Gasteiger partial charge is 0.407 e. The fraction of sp³-hybridized carbons (Fsp3) is 0.308. The third kappa shape index (κ3) is 5.86. The molecule has 2 amide bonds. The molecule has 0 aliphatic heterocycles. The second-order valence-electron chi connectivity index (χ2n) is 8.31. The summed E-state index contributed by atoms with van der Waals surface area (Å²) in [5, 5.41) is 15.1. The number of nitrogens with one attached hydrogen (secondary N) is 2. The van der Waals surface area contributed by atoms with E-state index in [2.05, 4.69) is 39.9 Å². The molecule has 1 heterocycles. The Morgan fingerprint density at radius 1 is 1.09 bits per heavy atom. The van der Waals surface area contributed by atoms with Crippen LogP contribution < -0.4 is 10.6 Å². The Morgan fingerprint density at radius 3 is 2.34 bits per heavy atom. The Morgan fingerprint density at radius 2 is 1.74 bits per heavy atom. The number of aromatic carboxylic acids is 1. The van der Waals surface area contributed by atoms with E-state index in [-0.39, 0.29) is 42.3 Å². The van der Waals surface area contributed by atoms with Gasteiger partial charge < -0.3 is 20.5 Å². The number of rotatable bonds is 10. The van der Waals surface area contributed by atoms with Gasteiger partial charge in [0.2, 0.25) is 5.91 Å². The van der Waals surface area contributed by atoms with Gasteiger partial charge >= 0.3 is 12.1 Å². The number of carbonyl (C=O) groups excluding carboxylic acids is 2. The van der Waals surface area contributed by atoms with Gasteiger partial charge in [0.15, 0.2) is 0 Å². The lowest BCUT2D eigenvalue weighted by atomic mass is 9.98. The van der Waals surface area contributed by atoms with Crippen LogP contribution in [0.4, 0.5) is 4.79 Å². The van der Waals surface area contributed by atoms with Gasteiger partial charge in [0.1, 0.15) is 16.5 Å². The Balaban J connectivity index is 1.24. The van der Waals surface area contributed by atoms with E-state index in [0.29, 0.717) is 17.8 Å². The van der Waals surface area contributed by atoms with E-state index in [0.717, 1.165) is 22.5 Å². The monoisotopic (exact) mass is 493 g/mol. The highest BCUT2D eigenvalue weighted by atomic mass is 32.1. The van der Waals surface area contributed by atoms with E-state index in [4.69, 9.17) is 9.84 Å². The van der Waals surface area contributed by atoms with Crippen molar-refractivity contribution in [3.05, 3.63) is 75.7 Å². The van der Waals surface area contributed by atoms with Crippen LogP contribution in [-0.4, -0.2) is 40.7 Å². The van der Waals surface area contributed by atoms with Gasteiger partial charge in [-0.15, -0.1) is 11.3 Å². The van der Waals surface area contributed by atoms with Crippen molar-refractivity contribution in [2.24, 2.45) is 0 Å². The van der Waals surface area contributed by atoms with Crippen molar-refractivity contribution in [3.63, 3.8) is 0 Å². The Hall–Kier alpha value is -3.72. The van der Waals surface area contributed by atoms with E-state index >= 15 is 0 Å². The minimum absolute atomic E-state index is 0.00786. The van der Waals surface area contributed by atoms with Gasteiger partial charge in [-0.2, -0.15) is 0 Å². The molecule has 9 heteroatoms. The summed E-state index contributed by atoms with van der Waals surface area (Å²) in [6.45, 7) is 2.35. The normalized spacial score (nSPS) is 12.9. The lowest BCUT2D eigenvalue weighted by molar-refractivity contribution is -0.121. The number of nitrogens with zero attached hydrogens (tertiary/aromatic N) is 1. The SMILES string of the molecule is CCC(CCC(=O)NCc1ncc(C(=O)O)s1)NC(=O)OCC1c2ccccc2-c2ccccc21. The van der Waals surface area contributed by atoms with Crippen molar-refractivity contribution in [1.29, 1.82) is 0 Å². The standard InChI is InChI=1S/C26H27N3O5S/c1-2-16(11-12-23(30)27-14-24-28-13-22(35-24)25(31)32)29-26(33)34-15-21-19-9-5-3-7-17(19)18-8-4-6-10-20(18)21/h3-10,13,16,21H,2,11-12,14-15H2,1H3,(H,27,30)(H,29,33)(H,31,32). The third-order valence-electron chi connectivity index (χ3n) is 6.08. The number of carboxylic acids is 1. The highest BCUT2D eigenvalue weighted by Gasteiger charge is 2.29. The summed E-state index contributed by atoms with van der Waals surface area (Å²) < 4.78 is 5.60. The summed E-state index contributed by atoms with van der Waals surface area (Å²) in [7, 11) is 0. The van der Waals surface area contributed by atoms with Crippen LogP contribution in [0.15, 0.2) is 54.7 Å². The molecular formula is C26H27N3O5S. The van der Waals surface area contributed by atoms with Crippen LogP contribution in [0.25, 0.3) is 11.1 Å². The summed E-state index contributed by atoms with van der Waals surface area (Å²) in [5.41, 5.74) is 4.65. The van der Waals surface area contributed by atoms with E-state index < -0.39 is 12.1 Å². The van der Waals surface area contributed by atoms with Crippen molar-refractivity contribution in [1.82, 2.24) is 15.6 Å². The van der Waals surface area contributed by atoms with Crippen molar-refractivity contribution in [2.75, 3.05) is 6.61 Å². The Bertz CT molecular complexity index is 1180. The molecular weight excluding hydrogens is 466 g/mol. The molecule has 1 unspecified atom stereocenters. The molecule has 3 aromatic rings. The fourth-order valence-electron chi connectivity index (χ4n) is 4.24. The minimum Gasteiger partial charge on any atom is -0.477 e. The van der Waals surface area contributed by atoms with Crippen LogP contribution in [-0.2, 0) is 16.1 Å². The molecule has 0 saturated carbocycles. The first-order chi connectivity index (χ1) is 17.0. The molecule has 1 aliphatic rings. The van der Waals surface area contributed by atoms with Gasteiger partial charge in [0.05, 0.1) is 12.7 Å². The van der Waals surface area contributed by atoms with Crippen molar-refractivity contribution >= 4 is 29.3 Å². The number of carboxylic acid groups (broad SMARTS) is 1. The maximum atomic E-state index is 12.5. The van der Waals surface area contributed by atoms with Gasteiger partial charge in [0, 0.05) is 18.4 Å². The molecule has 0 saturated heterocycles. The molecule has 1 aromatic heterocycles. The second-order valence-corrected chi connectivity index (χ2v) is 9.43. The summed E-state index contributed by atoms with van der Waals surface area (Å²) in [6.07, 6.45) is 2.12. The first-order valence-corrected chi connectivity index (χ1v) is 12.3. The topological polar surface area (TPSA) is 118 Å². The molecule has 4 rings (SSSR count). The van der Waals surface area contributed by atoms with E-state index in [1.807, 2.05) is 31.2 Å². The van der Waals surface area contributed by atoms with Crippen molar-refractivity contribution < 1.29 is 24.2 Å². The van der Waals surface area contributed by atoms with E-state index in [9.17, 15) is 14.4 Å². The zero-order valence-electron chi connectivity index (χ0n) is 19.3. The molecule has 8 nitrogen and oxygen atoms in total. The predicted molar refractivity (Wildman–Crippen MR) is 132 cm³/mol. The summed E-state index contributed by atoms with van der Waals surface area (Å²) in [4.78, 5) is 39.8. The molecule has 35 heavy (non-hydrogen) atoms. The first-order valence-electron chi connectivity index (χ1n) is 11.5. The maximum Gasteiger partial charge on any atom is 0.407 e. The van der Waals surface area contributed by atoms with Gasteiger partial charge in [-0.3, -0.25) is 4.79 Å². The second kappa shape index (κ2) is 11.1. The lowest BCUT2D eigenvalue weighted by Crippen LogP contribution is -2.36. The number of benzene rings is 2. The van der Waals surface area contributed by atoms with Gasteiger partial charge in [0.25, 0.3) is 0 Å². The number of thiazole rings is 1. The molecule has 1 atom stereocenters. The van der Waals surface area contributed by atoms with Crippen molar-refractivity contribution in [3.8, 4) is 11.1 Å².